The molecule has 1 aliphatic rings. The lowest BCUT2D eigenvalue weighted by Crippen LogP contribution is -2.40. The van der Waals surface area contributed by atoms with Crippen molar-refractivity contribution < 1.29 is 32.2 Å². The van der Waals surface area contributed by atoms with Crippen LogP contribution in [-0.4, -0.2) is 74.6 Å². The van der Waals surface area contributed by atoms with Crippen molar-refractivity contribution in [3.63, 3.8) is 0 Å². The summed E-state index contributed by atoms with van der Waals surface area (Å²) in [4.78, 5) is 32.0. The number of morpholine rings is 1. The van der Waals surface area contributed by atoms with Gasteiger partial charge in [0, 0.05) is 25.4 Å². The van der Waals surface area contributed by atoms with Crippen LogP contribution in [0.2, 0.25) is 0 Å². The molecule has 0 aliphatic carbocycles. The summed E-state index contributed by atoms with van der Waals surface area (Å²) >= 11 is 0. The molecule has 0 bridgehead atoms. The lowest BCUT2D eigenvalue weighted by molar-refractivity contribution is -0.119. The predicted molar refractivity (Wildman–Crippen MR) is 108 cm³/mol. The van der Waals surface area contributed by atoms with Crippen LogP contribution in [0.1, 0.15) is 16.2 Å². The smallest absolute Gasteiger partial charge is 0.359 e. The Morgan fingerprint density at radius 3 is 2.58 bits per heavy atom. The van der Waals surface area contributed by atoms with Gasteiger partial charge in [0.25, 0.3) is 5.91 Å². The van der Waals surface area contributed by atoms with E-state index in [-0.39, 0.29) is 35.1 Å². The topological polar surface area (TPSA) is 137 Å². The fraction of sp³-hybridized carbons (Fsp3) is 0.368. The molecule has 166 valence electrons. The van der Waals surface area contributed by atoms with Crippen molar-refractivity contribution in [2.45, 2.75) is 11.8 Å². The zero-order valence-electron chi connectivity index (χ0n) is 17.0. The molecule has 1 N–H and O–H groups in total. The number of ether oxygens (including phenoxy) is 3. The Balaban J connectivity index is 1.65. The van der Waals surface area contributed by atoms with Crippen LogP contribution in [0, 0.1) is 6.92 Å². The van der Waals surface area contributed by atoms with Gasteiger partial charge in [0.05, 0.1) is 42.8 Å². The largest absolute Gasteiger partial charge is 0.495 e. The number of rotatable bonds is 7. The second-order valence-corrected chi connectivity index (χ2v) is 8.48. The number of aryl methyl sites for hydroxylation is 1. The van der Waals surface area contributed by atoms with Gasteiger partial charge in [-0.05, 0) is 19.1 Å². The molecule has 1 aromatic carbocycles. The summed E-state index contributed by atoms with van der Waals surface area (Å²) in [6, 6.07) is 4.11. The molecule has 0 unspecified atom stereocenters. The van der Waals surface area contributed by atoms with Gasteiger partial charge in [-0.2, -0.15) is 4.31 Å². The third kappa shape index (κ3) is 5.54. The molecule has 1 aliphatic heterocycles. The van der Waals surface area contributed by atoms with Crippen LogP contribution in [0.25, 0.3) is 0 Å². The Bertz CT molecular complexity index is 1050. The summed E-state index contributed by atoms with van der Waals surface area (Å²) < 4.78 is 42.2. The van der Waals surface area contributed by atoms with Gasteiger partial charge < -0.3 is 19.5 Å². The maximum atomic E-state index is 12.8. The van der Waals surface area contributed by atoms with Gasteiger partial charge in [-0.15, -0.1) is 0 Å². The van der Waals surface area contributed by atoms with E-state index in [0.717, 1.165) is 0 Å². The van der Waals surface area contributed by atoms with Crippen molar-refractivity contribution in [3.05, 3.63) is 42.0 Å². The van der Waals surface area contributed by atoms with Gasteiger partial charge >= 0.3 is 5.97 Å². The maximum absolute atomic E-state index is 12.8. The van der Waals surface area contributed by atoms with Gasteiger partial charge in [0.1, 0.15) is 5.75 Å². The van der Waals surface area contributed by atoms with Crippen molar-refractivity contribution in [2.75, 3.05) is 45.3 Å². The lowest BCUT2D eigenvalue weighted by Gasteiger charge is -2.26. The van der Waals surface area contributed by atoms with Crippen molar-refractivity contribution >= 4 is 27.6 Å². The fourth-order valence-corrected chi connectivity index (χ4v) is 4.18. The number of aromatic nitrogens is 2. The Labute approximate surface area is 179 Å². The number of hydrogen-bond donors (Lipinski definition) is 1. The van der Waals surface area contributed by atoms with E-state index < -0.39 is 28.5 Å². The summed E-state index contributed by atoms with van der Waals surface area (Å²) in [5.41, 5.74) is 0.855. The first-order valence-electron chi connectivity index (χ1n) is 9.33. The van der Waals surface area contributed by atoms with Gasteiger partial charge in [-0.25, -0.2) is 18.2 Å². The van der Waals surface area contributed by atoms with E-state index in [1.165, 1.54) is 42.0 Å². The van der Waals surface area contributed by atoms with E-state index >= 15 is 0 Å². The first-order chi connectivity index (χ1) is 14.8. The second-order valence-electron chi connectivity index (χ2n) is 6.55. The minimum Gasteiger partial charge on any atom is -0.495 e. The molecule has 0 saturated carbocycles. The lowest BCUT2D eigenvalue weighted by atomic mass is 10.3. The highest BCUT2D eigenvalue weighted by molar-refractivity contribution is 7.89. The molecule has 1 saturated heterocycles. The number of nitrogens with one attached hydrogen (secondary N) is 1. The summed E-state index contributed by atoms with van der Waals surface area (Å²) in [5.74, 6) is -1.27. The van der Waals surface area contributed by atoms with Crippen molar-refractivity contribution in [1.82, 2.24) is 14.3 Å². The van der Waals surface area contributed by atoms with Crippen LogP contribution in [-0.2, 0) is 24.3 Å². The van der Waals surface area contributed by atoms with Crippen LogP contribution < -0.4 is 10.1 Å². The third-order valence-corrected chi connectivity index (χ3v) is 6.27. The molecule has 1 amide bonds. The van der Waals surface area contributed by atoms with Crippen molar-refractivity contribution in [3.8, 4) is 5.75 Å². The molecular weight excluding hydrogens is 428 g/mol. The summed E-state index contributed by atoms with van der Waals surface area (Å²) in [5, 5.41) is 2.53. The molecule has 2 aromatic rings. The predicted octanol–water partition coefficient (Wildman–Crippen LogP) is 0.610. The van der Waals surface area contributed by atoms with Crippen LogP contribution in [0.5, 0.6) is 5.75 Å². The van der Waals surface area contributed by atoms with Gasteiger partial charge in [-0.1, -0.05) is 0 Å². The Kier molecular flexibility index (Phi) is 7.15. The molecule has 12 heteroatoms. The summed E-state index contributed by atoms with van der Waals surface area (Å²) in [6.07, 6.45) is 2.67. The molecule has 2 heterocycles. The van der Waals surface area contributed by atoms with Crippen molar-refractivity contribution in [1.29, 1.82) is 0 Å². The minimum absolute atomic E-state index is 0.0198. The monoisotopic (exact) mass is 450 g/mol. The SMILES string of the molecule is COc1cc(S(=O)(=O)N2CCOCC2)ccc1NC(=O)COC(=O)c1cnc(C)cn1. The molecule has 0 atom stereocenters. The Morgan fingerprint density at radius 1 is 1.19 bits per heavy atom. The first-order valence-corrected chi connectivity index (χ1v) is 10.8. The van der Waals surface area contributed by atoms with E-state index in [9.17, 15) is 18.0 Å². The first kappa shape index (κ1) is 22.6. The normalized spacial score (nSPS) is 14.6. The Hall–Kier alpha value is -3.09. The molecule has 0 spiro atoms. The van der Waals surface area contributed by atoms with Crippen LogP contribution in [0.3, 0.4) is 0 Å². The third-order valence-electron chi connectivity index (χ3n) is 4.38. The molecule has 11 nitrogen and oxygen atoms in total. The number of benzene rings is 1. The van der Waals surface area contributed by atoms with E-state index in [0.29, 0.717) is 18.9 Å². The standard InChI is InChI=1S/C19H22N4O7S/c1-13-10-21-16(11-20-13)19(25)30-12-18(24)22-15-4-3-14(9-17(15)28-2)31(26,27)23-5-7-29-8-6-23/h3-4,9-11H,5-8,12H2,1-2H3,(H,22,24). The van der Waals surface area contributed by atoms with E-state index in [4.69, 9.17) is 14.2 Å². The number of hydrogen-bond acceptors (Lipinski definition) is 9. The summed E-state index contributed by atoms with van der Waals surface area (Å²) in [7, 11) is -2.36. The van der Waals surface area contributed by atoms with Crippen LogP contribution in [0.4, 0.5) is 5.69 Å². The highest BCUT2D eigenvalue weighted by Crippen LogP contribution is 2.29. The fourth-order valence-electron chi connectivity index (χ4n) is 2.76. The molecule has 3 rings (SSSR count). The zero-order valence-corrected chi connectivity index (χ0v) is 17.8. The summed E-state index contributed by atoms with van der Waals surface area (Å²) in [6.45, 7) is 2.35. The highest BCUT2D eigenvalue weighted by atomic mass is 32.2. The quantitative estimate of drug-likeness (QED) is 0.601. The van der Waals surface area contributed by atoms with Gasteiger partial charge in [0.2, 0.25) is 10.0 Å². The molecular formula is C19H22N4O7S. The highest BCUT2D eigenvalue weighted by Gasteiger charge is 2.27. The van der Waals surface area contributed by atoms with Gasteiger partial charge in [-0.3, -0.25) is 9.78 Å². The number of nitrogens with zero attached hydrogens (tertiary/aromatic N) is 3. The second kappa shape index (κ2) is 9.81. The molecule has 1 fully saturated rings. The van der Waals surface area contributed by atoms with E-state index in [1.54, 1.807) is 6.92 Å². The number of amides is 1. The number of sulfonamides is 1. The van der Waals surface area contributed by atoms with Crippen LogP contribution in [0.15, 0.2) is 35.5 Å². The maximum Gasteiger partial charge on any atom is 0.359 e. The van der Waals surface area contributed by atoms with E-state index in [2.05, 4.69) is 15.3 Å². The Morgan fingerprint density at radius 2 is 1.94 bits per heavy atom. The number of carbonyl (C=O) groups excluding carboxylic acids is 2. The zero-order chi connectivity index (χ0) is 22.4. The number of methoxy groups -OCH3 is 1. The van der Waals surface area contributed by atoms with Gasteiger partial charge in [0.15, 0.2) is 12.3 Å². The van der Waals surface area contributed by atoms with Crippen molar-refractivity contribution in [2.24, 2.45) is 0 Å². The number of esters is 1. The molecule has 1 aromatic heterocycles. The number of anilines is 1. The number of carbonyl (C=O) groups is 2. The molecule has 31 heavy (non-hydrogen) atoms. The molecule has 0 radical (unpaired) electrons. The minimum atomic E-state index is -3.72. The average molecular weight is 450 g/mol. The van der Waals surface area contributed by atoms with Crippen LogP contribution >= 0.6 is 0 Å². The average Bonchev–Trinajstić information content (AvgIpc) is 2.78. The van der Waals surface area contributed by atoms with E-state index in [1.807, 2.05) is 0 Å².